The maximum atomic E-state index is 11.1. The summed E-state index contributed by atoms with van der Waals surface area (Å²) in [6.45, 7) is 3.10. The second-order valence-electron chi connectivity index (χ2n) is 7.20. The van der Waals surface area contributed by atoms with Gasteiger partial charge in [0.2, 0.25) is 0 Å². The van der Waals surface area contributed by atoms with Crippen LogP contribution in [0.15, 0.2) is 54.6 Å². The Morgan fingerprint density at radius 1 is 1.04 bits per heavy atom. The van der Waals surface area contributed by atoms with Gasteiger partial charge in [-0.1, -0.05) is 60.5 Å². The highest BCUT2D eigenvalue weighted by atomic mass is 16.3. The van der Waals surface area contributed by atoms with E-state index in [1.807, 2.05) is 12.1 Å². The first-order valence-corrected chi connectivity index (χ1v) is 9.28. The molecule has 3 N–H and O–H groups in total. The number of benzene rings is 2. The molecule has 0 aromatic heterocycles. The van der Waals surface area contributed by atoms with Crippen molar-refractivity contribution in [2.75, 3.05) is 11.9 Å². The fourth-order valence-corrected chi connectivity index (χ4v) is 3.92. The molecule has 1 unspecified atom stereocenters. The summed E-state index contributed by atoms with van der Waals surface area (Å²) in [5.74, 6) is 0. The molecule has 1 fully saturated rings. The highest BCUT2D eigenvalue weighted by Gasteiger charge is 2.29. The van der Waals surface area contributed by atoms with Crippen molar-refractivity contribution in [3.05, 3.63) is 71.3 Å². The molecule has 0 aliphatic carbocycles. The summed E-state index contributed by atoms with van der Waals surface area (Å²) in [7, 11) is 0. The van der Waals surface area contributed by atoms with E-state index in [4.69, 9.17) is 0 Å². The Hall–Kier alpha value is -2.10. The summed E-state index contributed by atoms with van der Waals surface area (Å²) < 4.78 is 0. The van der Waals surface area contributed by atoms with Gasteiger partial charge in [-0.05, 0) is 43.5 Å². The number of nitrogens with one attached hydrogen (secondary N) is 2. The number of para-hydroxylation sites is 1. The van der Waals surface area contributed by atoms with Gasteiger partial charge in [0.1, 0.15) is 0 Å². The van der Waals surface area contributed by atoms with Crippen LogP contribution in [0.25, 0.3) is 5.57 Å². The molecule has 2 aromatic carbocycles. The molecule has 2 aromatic rings. The first kappa shape index (κ1) is 16.4. The zero-order valence-corrected chi connectivity index (χ0v) is 14.7. The normalized spacial score (nSPS) is 24.0. The molecule has 0 saturated carbocycles. The number of aliphatic hydroxyl groups is 1. The van der Waals surface area contributed by atoms with Crippen molar-refractivity contribution in [3.63, 3.8) is 0 Å². The van der Waals surface area contributed by atoms with Crippen molar-refractivity contribution >= 4 is 11.3 Å². The Morgan fingerprint density at radius 2 is 1.84 bits per heavy atom. The summed E-state index contributed by atoms with van der Waals surface area (Å²) in [5, 5.41) is 18.2. The fraction of sp³-hybridized carbons (Fsp3) is 0.364. The van der Waals surface area contributed by atoms with Crippen LogP contribution in [0.3, 0.4) is 0 Å². The third kappa shape index (κ3) is 3.35. The molecular weight excluding hydrogens is 308 g/mol. The Balaban J connectivity index is 1.70. The molecule has 3 atom stereocenters. The van der Waals surface area contributed by atoms with E-state index in [-0.39, 0.29) is 12.1 Å². The van der Waals surface area contributed by atoms with Gasteiger partial charge < -0.3 is 15.7 Å². The van der Waals surface area contributed by atoms with E-state index >= 15 is 0 Å². The minimum Gasteiger partial charge on any atom is -0.387 e. The maximum absolute atomic E-state index is 11.1. The Labute approximate surface area is 149 Å². The van der Waals surface area contributed by atoms with Gasteiger partial charge in [0.25, 0.3) is 0 Å². The molecule has 3 nitrogen and oxygen atoms in total. The van der Waals surface area contributed by atoms with Crippen LogP contribution in [0.2, 0.25) is 0 Å². The molecule has 0 radical (unpaired) electrons. The molecule has 3 heteroatoms. The van der Waals surface area contributed by atoms with Crippen molar-refractivity contribution in [1.29, 1.82) is 0 Å². The topological polar surface area (TPSA) is 44.3 Å². The number of fused-ring (bicyclic) bond motifs is 1. The van der Waals surface area contributed by atoms with E-state index in [1.54, 1.807) is 0 Å². The average Bonchev–Trinajstić information content (AvgIpc) is 2.68. The largest absolute Gasteiger partial charge is 0.387 e. The average molecular weight is 334 g/mol. The molecule has 0 bridgehead atoms. The minimum absolute atomic E-state index is 0.0868. The second kappa shape index (κ2) is 7.03. The van der Waals surface area contributed by atoms with Crippen molar-refractivity contribution < 1.29 is 5.11 Å². The van der Waals surface area contributed by atoms with E-state index in [1.165, 1.54) is 24.0 Å². The quantitative estimate of drug-likeness (QED) is 0.793. The number of aliphatic hydroxyl groups excluding tert-OH is 1. The van der Waals surface area contributed by atoms with Gasteiger partial charge in [0, 0.05) is 17.3 Å². The van der Waals surface area contributed by atoms with Crippen LogP contribution < -0.4 is 10.6 Å². The first-order valence-electron chi connectivity index (χ1n) is 9.28. The third-order valence-electron chi connectivity index (χ3n) is 5.38. The van der Waals surface area contributed by atoms with E-state index in [0.29, 0.717) is 0 Å². The lowest BCUT2D eigenvalue weighted by Gasteiger charge is -2.34. The number of rotatable bonds is 3. The van der Waals surface area contributed by atoms with Crippen molar-refractivity contribution in [3.8, 4) is 0 Å². The third-order valence-corrected chi connectivity index (χ3v) is 5.38. The Kier molecular flexibility index (Phi) is 4.60. The van der Waals surface area contributed by atoms with Crippen LogP contribution in [0, 0.1) is 6.92 Å². The lowest BCUT2D eigenvalue weighted by atomic mass is 9.86. The van der Waals surface area contributed by atoms with Gasteiger partial charge in [-0.15, -0.1) is 0 Å². The lowest BCUT2D eigenvalue weighted by molar-refractivity contribution is 0.162. The van der Waals surface area contributed by atoms with Gasteiger partial charge in [0.05, 0.1) is 12.1 Å². The number of aryl methyl sites for hydroxylation is 1. The van der Waals surface area contributed by atoms with E-state index in [2.05, 4.69) is 60.0 Å². The fourth-order valence-electron chi connectivity index (χ4n) is 3.92. The first-order chi connectivity index (χ1) is 12.2. The molecule has 2 heterocycles. The van der Waals surface area contributed by atoms with Crippen LogP contribution in [0.1, 0.15) is 42.0 Å². The number of hydrogen-bond acceptors (Lipinski definition) is 3. The van der Waals surface area contributed by atoms with E-state index in [9.17, 15) is 5.11 Å². The number of hydrogen-bond donors (Lipinski definition) is 3. The van der Waals surface area contributed by atoms with Gasteiger partial charge in [-0.2, -0.15) is 0 Å². The molecule has 25 heavy (non-hydrogen) atoms. The molecule has 2 aliphatic heterocycles. The smallest absolute Gasteiger partial charge is 0.0947 e. The standard InChI is InChI=1S/C22H26N2O/c1-15-9-11-16(12-10-15)21-14-18(17-6-2-3-7-19(17)24-21)22(25)20-8-4-5-13-23-20/h2-3,6-7,9-12,14,20-25H,4-5,8,13H2,1H3/t20-,21?,22-/m1/s1. The summed E-state index contributed by atoms with van der Waals surface area (Å²) in [4.78, 5) is 0. The number of anilines is 1. The predicted octanol–water partition coefficient (Wildman–Crippen LogP) is 4.05. The maximum Gasteiger partial charge on any atom is 0.0947 e. The van der Waals surface area contributed by atoms with Gasteiger partial charge >= 0.3 is 0 Å². The van der Waals surface area contributed by atoms with Gasteiger partial charge in [-0.3, -0.25) is 0 Å². The number of piperidine rings is 1. The van der Waals surface area contributed by atoms with Crippen LogP contribution in [-0.4, -0.2) is 23.8 Å². The zero-order chi connectivity index (χ0) is 17.2. The van der Waals surface area contributed by atoms with Crippen molar-refractivity contribution in [2.24, 2.45) is 0 Å². The summed E-state index contributed by atoms with van der Waals surface area (Å²) in [6.07, 6.45) is 5.14. The highest BCUT2D eigenvalue weighted by Crippen LogP contribution is 2.38. The summed E-state index contributed by atoms with van der Waals surface area (Å²) in [6, 6.07) is 17.1. The molecule has 0 spiro atoms. The molecule has 130 valence electrons. The van der Waals surface area contributed by atoms with E-state index in [0.717, 1.165) is 29.8 Å². The lowest BCUT2D eigenvalue weighted by Crippen LogP contribution is -2.44. The SMILES string of the molecule is Cc1ccc(C2C=C([C@@H](O)[C@H]3CCCCN3)c3ccccc3N2)cc1. The van der Waals surface area contributed by atoms with Crippen molar-refractivity contribution in [1.82, 2.24) is 5.32 Å². The Bertz CT molecular complexity index is 760. The van der Waals surface area contributed by atoms with Gasteiger partial charge in [-0.25, -0.2) is 0 Å². The molecule has 4 rings (SSSR count). The summed E-state index contributed by atoms with van der Waals surface area (Å²) in [5.41, 5.74) is 5.74. The molecular formula is C22H26N2O. The van der Waals surface area contributed by atoms with Crippen LogP contribution in [0.4, 0.5) is 5.69 Å². The van der Waals surface area contributed by atoms with Crippen LogP contribution in [-0.2, 0) is 0 Å². The molecule has 1 saturated heterocycles. The predicted molar refractivity (Wildman–Crippen MR) is 104 cm³/mol. The summed E-state index contributed by atoms with van der Waals surface area (Å²) >= 11 is 0. The molecule has 0 amide bonds. The van der Waals surface area contributed by atoms with Crippen LogP contribution >= 0.6 is 0 Å². The van der Waals surface area contributed by atoms with Crippen LogP contribution in [0.5, 0.6) is 0 Å². The minimum atomic E-state index is -0.475. The molecule has 2 aliphatic rings. The monoisotopic (exact) mass is 334 g/mol. The zero-order valence-electron chi connectivity index (χ0n) is 14.7. The highest BCUT2D eigenvalue weighted by molar-refractivity contribution is 5.82. The van der Waals surface area contributed by atoms with Crippen molar-refractivity contribution in [2.45, 2.75) is 44.4 Å². The van der Waals surface area contributed by atoms with E-state index < -0.39 is 6.10 Å². The Morgan fingerprint density at radius 3 is 2.60 bits per heavy atom. The van der Waals surface area contributed by atoms with Gasteiger partial charge in [0.15, 0.2) is 0 Å². The second-order valence-corrected chi connectivity index (χ2v) is 7.20.